The average Bonchev–Trinajstić information content (AvgIpc) is 2.73. The summed E-state index contributed by atoms with van der Waals surface area (Å²) in [6.45, 7) is 4.96. The summed E-state index contributed by atoms with van der Waals surface area (Å²) in [6, 6.07) is 15.7. The van der Waals surface area contributed by atoms with Crippen LogP contribution in [0, 0.1) is 6.92 Å². The molecule has 0 unspecified atom stereocenters. The Morgan fingerprint density at radius 1 is 1.07 bits per heavy atom. The van der Waals surface area contributed by atoms with Crippen molar-refractivity contribution >= 4 is 38.6 Å². The second-order valence-electron chi connectivity index (χ2n) is 6.94. The number of carbonyl (C=O) groups is 1. The number of benzene rings is 2. The molecule has 0 aliphatic carbocycles. The molecule has 0 saturated carbocycles. The highest BCUT2D eigenvalue weighted by Gasteiger charge is 2.23. The number of para-hydroxylation sites is 1. The molecule has 0 bridgehead atoms. The van der Waals surface area contributed by atoms with E-state index in [1.54, 1.807) is 7.11 Å². The number of hydrogen-bond acceptors (Lipinski definition) is 4. The van der Waals surface area contributed by atoms with Crippen LogP contribution in [-0.4, -0.2) is 49.1 Å². The molecule has 4 rings (SSSR count). The van der Waals surface area contributed by atoms with Gasteiger partial charge >= 0.3 is 0 Å². The van der Waals surface area contributed by atoms with Crippen LogP contribution in [0.15, 0.2) is 53.0 Å². The summed E-state index contributed by atoms with van der Waals surface area (Å²) in [5.41, 5.74) is 2.77. The molecule has 144 valence electrons. The maximum atomic E-state index is 12.8. The van der Waals surface area contributed by atoms with Crippen molar-refractivity contribution in [3.8, 4) is 5.75 Å². The molecule has 1 saturated heterocycles. The Balaban J connectivity index is 1.53. The van der Waals surface area contributed by atoms with E-state index in [-0.39, 0.29) is 5.91 Å². The van der Waals surface area contributed by atoms with E-state index in [9.17, 15) is 4.79 Å². The van der Waals surface area contributed by atoms with Gasteiger partial charge in [-0.15, -0.1) is 0 Å². The molecule has 1 amide bonds. The summed E-state index contributed by atoms with van der Waals surface area (Å²) >= 11 is 3.44. The number of pyridine rings is 1. The largest absolute Gasteiger partial charge is 0.494 e. The van der Waals surface area contributed by atoms with Crippen LogP contribution in [0.5, 0.6) is 5.75 Å². The van der Waals surface area contributed by atoms with Crippen LogP contribution < -0.4 is 9.64 Å². The molecule has 28 heavy (non-hydrogen) atoms. The third-order valence-corrected chi connectivity index (χ3v) is 5.67. The number of aryl methyl sites for hydroxylation is 1. The van der Waals surface area contributed by atoms with Crippen molar-refractivity contribution in [2.24, 2.45) is 0 Å². The van der Waals surface area contributed by atoms with Gasteiger partial charge in [0.15, 0.2) is 0 Å². The number of methoxy groups -OCH3 is 1. The van der Waals surface area contributed by atoms with E-state index in [1.807, 2.05) is 41.3 Å². The normalized spacial score (nSPS) is 14.4. The highest BCUT2D eigenvalue weighted by Crippen LogP contribution is 2.29. The second-order valence-corrected chi connectivity index (χ2v) is 7.86. The Hall–Kier alpha value is -2.60. The summed E-state index contributed by atoms with van der Waals surface area (Å²) in [5.74, 6) is 1.79. The number of amides is 1. The predicted molar refractivity (Wildman–Crippen MR) is 115 cm³/mol. The molecule has 0 radical (unpaired) electrons. The molecule has 0 N–H and O–H groups in total. The average molecular weight is 440 g/mol. The molecule has 2 heterocycles. The van der Waals surface area contributed by atoms with Crippen molar-refractivity contribution in [2.45, 2.75) is 6.92 Å². The summed E-state index contributed by atoms with van der Waals surface area (Å²) in [5, 5.41) is 1.10. The van der Waals surface area contributed by atoms with Gasteiger partial charge < -0.3 is 14.5 Å². The Morgan fingerprint density at radius 2 is 1.82 bits per heavy atom. The molecular formula is C22H22BrN3O2. The fourth-order valence-electron chi connectivity index (χ4n) is 3.64. The first-order chi connectivity index (χ1) is 13.6. The van der Waals surface area contributed by atoms with Gasteiger partial charge in [0.05, 0.1) is 7.11 Å². The van der Waals surface area contributed by atoms with Gasteiger partial charge in [0.2, 0.25) is 0 Å². The minimum absolute atomic E-state index is 0.0743. The minimum atomic E-state index is 0.0743. The quantitative estimate of drug-likeness (QED) is 0.610. The zero-order chi connectivity index (χ0) is 19.7. The van der Waals surface area contributed by atoms with Crippen LogP contribution in [-0.2, 0) is 0 Å². The highest BCUT2D eigenvalue weighted by molar-refractivity contribution is 9.10. The van der Waals surface area contributed by atoms with E-state index in [4.69, 9.17) is 9.72 Å². The third-order valence-electron chi connectivity index (χ3n) is 5.18. The summed E-state index contributed by atoms with van der Waals surface area (Å²) < 4.78 is 6.41. The van der Waals surface area contributed by atoms with Crippen LogP contribution in [0.3, 0.4) is 0 Å². The van der Waals surface area contributed by atoms with Gasteiger partial charge in [0, 0.05) is 41.6 Å². The molecule has 3 aromatic rings. The number of carbonyl (C=O) groups excluding carboxylic acids is 1. The van der Waals surface area contributed by atoms with Crippen molar-refractivity contribution in [2.75, 3.05) is 38.2 Å². The van der Waals surface area contributed by atoms with Gasteiger partial charge in [-0.05, 0) is 42.8 Å². The second kappa shape index (κ2) is 7.80. The number of nitrogens with zero attached hydrogens (tertiary/aromatic N) is 3. The maximum Gasteiger partial charge on any atom is 0.254 e. The molecule has 2 aromatic carbocycles. The van der Waals surface area contributed by atoms with Gasteiger partial charge in [0.25, 0.3) is 5.91 Å². The molecule has 1 fully saturated rings. The van der Waals surface area contributed by atoms with Crippen LogP contribution in [0.2, 0.25) is 0 Å². The van der Waals surface area contributed by atoms with Crippen molar-refractivity contribution < 1.29 is 9.53 Å². The van der Waals surface area contributed by atoms with Crippen molar-refractivity contribution in [3.63, 3.8) is 0 Å². The van der Waals surface area contributed by atoms with Crippen LogP contribution in [0.4, 0.5) is 5.82 Å². The van der Waals surface area contributed by atoms with Gasteiger partial charge in [0.1, 0.15) is 17.1 Å². The van der Waals surface area contributed by atoms with Gasteiger partial charge in [-0.3, -0.25) is 4.79 Å². The van der Waals surface area contributed by atoms with E-state index < -0.39 is 0 Å². The number of halogens is 1. The summed E-state index contributed by atoms with van der Waals surface area (Å²) in [4.78, 5) is 21.8. The number of anilines is 1. The lowest BCUT2D eigenvalue weighted by Crippen LogP contribution is -2.49. The van der Waals surface area contributed by atoms with Gasteiger partial charge in [-0.1, -0.05) is 34.1 Å². The molecule has 0 spiro atoms. The number of ether oxygens (including phenoxy) is 1. The first kappa shape index (κ1) is 18.7. The molecular weight excluding hydrogens is 418 g/mol. The zero-order valence-electron chi connectivity index (χ0n) is 16.0. The van der Waals surface area contributed by atoms with Crippen molar-refractivity contribution in [3.05, 3.63) is 64.1 Å². The van der Waals surface area contributed by atoms with Crippen LogP contribution in [0.25, 0.3) is 10.9 Å². The lowest BCUT2D eigenvalue weighted by molar-refractivity contribution is 0.0746. The Kier molecular flexibility index (Phi) is 5.22. The van der Waals surface area contributed by atoms with E-state index >= 15 is 0 Å². The van der Waals surface area contributed by atoms with Crippen molar-refractivity contribution in [1.29, 1.82) is 0 Å². The predicted octanol–water partition coefficient (Wildman–Crippen LogP) is 4.28. The summed E-state index contributed by atoms with van der Waals surface area (Å²) in [6.07, 6.45) is 0. The monoisotopic (exact) mass is 439 g/mol. The number of rotatable bonds is 3. The maximum absolute atomic E-state index is 12.8. The standard InChI is InChI=1S/C22H22BrN3O2/c1-15-13-20(24-21-18(15)7-4-8-19(21)28-2)25-9-11-26(12-10-25)22(27)16-5-3-6-17(23)14-16/h3-8,13-14H,9-12H2,1-2H3. The SMILES string of the molecule is COc1cccc2c(C)cc(N3CCN(C(=O)c4cccc(Br)c4)CC3)nc12. The number of fused-ring (bicyclic) bond motifs is 1. The lowest BCUT2D eigenvalue weighted by Gasteiger charge is -2.35. The number of hydrogen-bond donors (Lipinski definition) is 0. The first-order valence-electron chi connectivity index (χ1n) is 9.31. The fraction of sp³-hybridized carbons (Fsp3) is 0.273. The zero-order valence-corrected chi connectivity index (χ0v) is 17.6. The molecule has 5 nitrogen and oxygen atoms in total. The van der Waals surface area contributed by atoms with E-state index in [2.05, 4.69) is 39.9 Å². The minimum Gasteiger partial charge on any atom is -0.494 e. The Labute approximate surface area is 173 Å². The Bertz CT molecular complexity index is 1030. The van der Waals surface area contributed by atoms with Crippen LogP contribution in [0.1, 0.15) is 15.9 Å². The van der Waals surface area contributed by atoms with Gasteiger partial charge in [-0.25, -0.2) is 4.98 Å². The highest BCUT2D eigenvalue weighted by atomic mass is 79.9. The Morgan fingerprint density at radius 3 is 2.54 bits per heavy atom. The first-order valence-corrected chi connectivity index (χ1v) is 10.1. The fourth-order valence-corrected chi connectivity index (χ4v) is 4.04. The molecule has 1 aliphatic heterocycles. The topological polar surface area (TPSA) is 45.7 Å². The van der Waals surface area contributed by atoms with Gasteiger partial charge in [-0.2, -0.15) is 0 Å². The van der Waals surface area contributed by atoms with E-state index in [0.717, 1.165) is 40.0 Å². The van der Waals surface area contributed by atoms with Crippen molar-refractivity contribution in [1.82, 2.24) is 9.88 Å². The lowest BCUT2D eigenvalue weighted by atomic mass is 10.1. The number of piperazine rings is 1. The number of aromatic nitrogens is 1. The van der Waals surface area contributed by atoms with Crippen LogP contribution >= 0.6 is 15.9 Å². The molecule has 1 aromatic heterocycles. The molecule has 1 aliphatic rings. The summed E-state index contributed by atoms with van der Waals surface area (Å²) in [7, 11) is 1.67. The van der Waals surface area contributed by atoms with E-state index in [1.165, 1.54) is 5.56 Å². The molecule has 6 heteroatoms. The third kappa shape index (κ3) is 3.56. The molecule has 0 atom stereocenters. The van der Waals surface area contributed by atoms with E-state index in [0.29, 0.717) is 18.7 Å². The smallest absolute Gasteiger partial charge is 0.254 e.